The van der Waals surface area contributed by atoms with Gasteiger partial charge in [0.1, 0.15) is 0 Å². The highest BCUT2D eigenvalue weighted by Gasteiger charge is 2.29. The Morgan fingerprint density at radius 3 is 2.79 bits per heavy atom. The summed E-state index contributed by atoms with van der Waals surface area (Å²) in [6, 6.07) is 9.12. The number of hydrogen-bond donors (Lipinski definition) is 1. The lowest BCUT2D eigenvalue weighted by Crippen LogP contribution is -2.41. The van der Waals surface area contributed by atoms with Crippen molar-refractivity contribution in [2.75, 3.05) is 20.6 Å². The first-order valence-corrected chi connectivity index (χ1v) is 7.54. The first-order valence-electron chi connectivity index (χ1n) is 6.75. The Morgan fingerprint density at radius 2 is 2.16 bits per heavy atom. The number of hydrogen-bond acceptors (Lipinski definition) is 2. The summed E-state index contributed by atoms with van der Waals surface area (Å²) < 4.78 is 1.15. The first-order chi connectivity index (χ1) is 9.06. The molecule has 19 heavy (non-hydrogen) atoms. The first kappa shape index (κ1) is 14.5. The van der Waals surface area contributed by atoms with Crippen LogP contribution in [-0.2, 0) is 4.79 Å². The Balaban J connectivity index is 1.68. The molecule has 1 aliphatic rings. The van der Waals surface area contributed by atoms with Crippen molar-refractivity contribution in [2.45, 2.75) is 31.2 Å². The van der Waals surface area contributed by atoms with Crippen LogP contribution in [0.15, 0.2) is 28.7 Å². The fourth-order valence-electron chi connectivity index (χ4n) is 2.42. The monoisotopic (exact) mass is 324 g/mol. The summed E-state index contributed by atoms with van der Waals surface area (Å²) in [7, 11) is 3.60. The molecule has 1 aromatic carbocycles. The molecule has 0 atom stereocenters. The number of rotatable bonds is 5. The van der Waals surface area contributed by atoms with Crippen molar-refractivity contribution in [1.29, 1.82) is 0 Å². The van der Waals surface area contributed by atoms with Gasteiger partial charge in [-0.25, -0.2) is 0 Å². The predicted octanol–water partition coefficient (Wildman–Crippen LogP) is 2.76. The molecule has 4 heteroatoms. The predicted molar refractivity (Wildman–Crippen MR) is 81.2 cm³/mol. The van der Waals surface area contributed by atoms with Crippen molar-refractivity contribution < 1.29 is 4.79 Å². The molecule has 0 radical (unpaired) electrons. The third kappa shape index (κ3) is 4.05. The van der Waals surface area contributed by atoms with E-state index in [1.807, 2.05) is 0 Å². The molecule has 1 saturated carbocycles. The molecule has 104 valence electrons. The highest BCUT2D eigenvalue weighted by molar-refractivity contribution is 9.10. The van der Waals surface area contributed by atoms with E-state index in [4.69, 9.17) is 0 Å². The van der Waals surface area contributed by atoms with Gasteiger partial charge >= 0.3 is 0 Å². The Hall–Kier alpha value is -0.870. The molecule has 0 aliphatic heterocycles. The fourth-order valence-corrected chi connectivity index (χ4v) is 2.84. The zero-order valence-corrected chi connectivity index (χ0v) is 13.1. The second kappa shape index (κ2) is 6.53. The van der Waals surface area contributed by atoms with Gasteiger partial charge in [-0.3, -0.25) is 4.79 Å². The number of nitrogens with one attached hydrogen (secondary N) is 1. The van der Waals surface area contributed by atoms with E-state index in [0.29, 0.717) is 18.4 Å². The van der Waals surface area contributed by atoms with Crippen LogP contribution in [0.4, 0.5) is 0 Å². The van der Waals surface area contributed by atoms with Gasteiger partial charge in [-0.2, -0.15) is 0 Å². The lowest BCUT2D eigenvalue weighted by molar-refractivity contribution is -0.128. The van der Waals surface area contributed by atoms with Gasteiger partial charge in [0.2, 0.25) is 5.91 Å². The maximum Gasteiger partial charge on any atom is 0.223 e. The smallest absolute Gasteiger partial charge is 0.223 e. The van der Waals surface area contributed by atoms with Crippen molar-refractivity contribution in [3.05, 3.63) is 34.3 Å². The Kier molecular flexibility index (Phi) is 4.99. The third-order valence-corrected chi connectivity index (χ3v) is 4.22. The maximum absolute atomic E-state index is 11.4. The molecule has 1 aromatic rings. The van der Waals surface area contributed by atoms with Gasteiger partial charge in [-0.05, 0) is 36.5 Å². The molecule has 0 aromatic heterocycles. The molecule has 0 unspecified atom stereocenters. The molecule has 0 heterocycles. The van der Waals surface area contributed by atoms with Crippen LogP contribution in [0.5, 0.6) is 0 Å². The Bertz CT molecular complexity index is 442. The second-order valence-electron chi connectivity index (χ2n) is 5.41. The molecular formula is C15H21BrN2O. The van der Waals surface area contributed by atoms with Crippen LogP contribution < -0.4 is 5.32 Å². The van der Waals surface area contributed by atoms with Crippen molar-refractivity contribution in [2.24, 2.45) is 0 Å². The summed E-state index contributed by atoms with van der Waals surface area (Å²) in [4.78, 5) is 13.1. The molecule has 0 spiro atoms. The maximum atomic E-state index is 11.4. The summed E-state index contributed by atoms with van der Waals surface area (Å²) in [5.74, 6) is 0.856. The van der Waals surface area contributed by atoms with Crippen molar-refractivity contribution in [1.82, 2.24) is 10.2 Å². The SMILES string of the molecule is CN(C)C(=O)CCNC1CC(c2cccc(Br)c2)C1. The highest BCUT2D eigenvalue weighted by atomic mass is 79.9. The van der Waals surface area contributed by atoms with Gasteiger partial charge in [-0.15, -0.1) is 0 Å². The minimum absolute atomic E-state index is 0.190. The molecule has 1 fully saturated rings. The average molecular weight is 325 g/mol. The van der Waals surface area contributed by atoms with E-state index in [1.165, 1.54) is 18.4 Å². The van der Waals surface area contributed by atoms with E-state index in [0.717, 1.165) is 11.0 Å². The quantitative estimate of drug-likeness (QED) is 0.903. The van der Waals surface area contributed by atoms with Gasteiger partial charge in [0.05, 0.1) is 0 Å². The normalized spacial score (nSPS) is 21.8. The second-order valence-corrected chi connectivity index (χ2v) is 6.33. The third-order valence-electron chi connectivity index (χ3n) is 3.73. The molecule has 1 amide bonds. The Labute approximate surface area is 123 Å². The number of carbonyl (C=O) groups excluding carboxylic acids is 1. The summed E-state index contributed by atoms with van der Waals surface area (Å²) in [5, 5.41) is 3.46. The van der Waals surface area contributed by atoms with Crippen LogP contribution in [0, 0.1) is 0 Å². The van der Waals surface area contributed by atoms with Crippen LogP contribution in [0.2, 0.25) is 0 Å². The van der Waals surface area contributed by atoms with Gasteiger partial charge in [0, 0.05) is 37.6 Å². The van der Waals surface area contributed by atoms with Gasteiger partial charge in [0.15, 0.2) is 0 Å². The van der Waals surface area contributed by atoms with Gasteiger partial charge in [0.25, 0.3) is 0 Å². The zero-order chi connectivity index (χ0) is 13.8. The Morgan fingerprint density at radius 1 is 1.42 bits per heavy atom. The lowest BCUT2D eigenvalue weighted by atomic mass is 9.76. The number of benzene rings is 1. The fraction of sp³-hybridized carbons (Fsp3) is 0.533. The van der Waals surface area contributed by atoms with Crippen molar-refractivity contribution in [3.63, 3.8) is 0 Å². The summed E-state index contributed by atoms with van der Waals surface area (Å²) in [6.07, 6.45) is 2.93. The van der Waals surface area contributed by atoms with Crippen LogP contribution in [0.1, 0.15) is 30.7 Å². The van der Waals surface area contributed by atoms with Crippen LogP contribution in [0.25, 0.3) is 0 Å². The number of halogens is 1. The molecule has 2 rings (SSSR count). The molecule has 3 nitrogen and oxygen atoms in total. The van der Waals surface area contributed by atoms with E-state index in [-0.39, 0.29) is 5.91 Å². The zero-order valence-electron chi connectivity index (χ0n) is 11.5. The highest BCUT2D eigenvalue weighted by Crippen LogP contribution is 2.37. The number of carbonyl (C=O) groups is 1. The summed E-state index contributed by atoms with van der Waals surface area (Å²) in [6.45, 7) is 0.785. The van der Waals surface area contributed by atoms with E-state index < -0.39 is 0 Å². The summed E-state index contributed by atoms with van der Waals surface area (Å²) >= 11 is 3.51. The van der Waals surface area contributed by atoms with Crippen molar-refractivity contribution >= 4 is 21.8 Å². The van der Waals surface area contributed by atoms with Gasteiger partial charge in [-0.1, -0.05) is 28.1 Å². The molecule has 0 bridgehead atoms. The van der Waals surface area contributed by atoms with Crippen molar-refractivity contribution in [3.8, 4) is 0 Å². The van der Waals surface area contributed by atoms with E-state index in [9.17, 15) is 4.79 Å². The molecule has 1 N–H and O–H groups in total. The minimum Gasteiger partial charge on any atom is -0.349 e. The number of nitrogens with zero attached hydrogens (tertiary/aromatic N) is 1. The van der Waals surface area contributed by atoms with E-state index >= 15 is 0 Å². The summed E-state index contributed by atoms with van der Waals surface area (Å²) in [5.41, 5.74) is 1.41. The number of amides is 1. The molecule has 0 saturated heterocycles. The lowest BCUT2D eigenvalue weighted by Gasteiger charge is -2.36. The van der Waals surface area contributed by atoms with E-state index in [2.05, 4.69) is 45.5 Å². The molecule has 1 aliphatic carbocycles. The van der Waals surface area contributed by atoms with Crippen LogP contribution in [0.3, 0.4) is 0 Å². The molecular weight excluding hydrogens is 304 g/mol. The standard InChI is InChI=1S/C15H21BrN2O/c1-18(2)15(19)6-7-17-14-9-12(10-14)11-4-3-5-13(16)8-11/h3-5,8,12,14,17H,6-7,9-10H2,1-2H3. The van der Waals surface area contributed by atoms with Crippen LogP contribution in [-0.4, -0.2) is 37.5 Å². The minimum atomic E-state index is 0.190. The van der Waals surface area contributed by atoms with E-state index in [1.54, 1.807) is 19.0 Å². The average Bonchev–Trinajstić information content (AvgIpc) is 2.31. The largest absolute Gasteiger partial charge is 0.349 e. The van der Waals surface area contributed by atoms with Crippen LogP contribution >= 0.6 is 15.9 Å². The van der Waals surface area contributed by atoms with Gasteiger partial charge < -0.3 is 10.2 Å². The topological polar surface area (TPSA) is 32.3 Å².